The van der Waals surface area contributed by atoms with Crippen molar-refractivity contribution in [3.8, 4) is 0 Å². The summed E-state index contributed by atoms with van der Waals surface area (Å²) in [4.78, 5) is 43.5. The smallest absolute Gasteiger partial charge is 0.225 e. The lowest BCUT2D eigenvalue weighted by molar-refractivity contribution is -0.138. The number of carbonyl (C=O) groups is 3. The Kier molecular flexibility index (Phi) is 5.83. The second-order valence-electron chi connectivity index (χ2n) is 7.99. The van der Waals surface area contributed by atoms with Gasteiger partial charge in [-0.1, -0.05) is 12.1 Å². The molecule has 7 heteroatoms. The average Bonchev–Trinajstić information content (AvgIpc) is 3.36. The molecule has 2 aromatic rings. The Morgan fingerprint density at radius 1 is 1.10 bits per heavy atom. The second-order valence-corrected chi connectivity index (χ2v) is 7.99. The molecule has 3 amide bonds. The Labute approximate surface area is 170 Å². The molecule has 0 radical (unpaired) electrons. The summed E-state index contributed by atoms with van der Waals surface area (Å²) in [5.74, 6) is 0.153. The number of nitrogens with one attached hydrogen (secondary N) is 2. The van der Waals surface area contributed by atoms with Gasteiger partial charge in [0.2, 0.25) is 17.7 Å². The highest BCUT2D eigenvalue weighted by molar-refractivity contribution is 5.85. The molecular formula is C22H28N4O3. The number of rotatable bonds is 7. The van der Waals surface area contributed by atoms with Crippen molar-refractivity contribution in [2.24, 2.45) is 5.92 Å². The normalized spacial score (nSPS) is 19.9. The predicted octanol–water partition coefficient (Wildman–Crippen LogP) is 2.04. The van der Waals surface area contributed by atoms with Crippen LogP contribution in [0.4, 0.5) is 0 Å². The van der Waals surface area contributed by atoms with Gasteiger partial charge in [0.25, 0.3) is 0 Å². The van der Waals surface area contributed by atoms with E-state index in [0.717, 1.165) is 35.9 Å². The number of nitrogens with zero attached hydrogens (tertiary/aromatic N) is 2. The summed E-state index contributed by atoms with van der Waals surface area (Å²) in [6, 6.07) is 8.03. The molecule has 0 saturated carbocycles. The topological polar surface area (TPSA) is 85.5 Å². The second kappa shape index (κ2) is 8.68. The monoisotopic (exact) mass is 396 g/mol. The van der Waals surface area contributed by atoms with Crippen molar-refractivity contribution < 1.29 is 14.4 Å². The zero-order valence-corrected chi connectivity index (χ0v) is 16.7. The number of amides is 3. The standard InChI is InChI=1S/C22H28N4O3/c27-20-6-2-11-25(20)12-3-13-26-15-17(7-8-21(26)28)22(29)24-14-16-4-1-5-19-18(16)9-10-23-19/h1,4-5,9-10,17,23H,2-3,6-8,11-15H2,(H,24,29)/t17-/m0/s1. The van der Waals surface area contributed by atoms with Gasteiger partial charge >= 0.3 is 0 Å². The van der Waals surface area contributed by atoms with E-state index in [1.165, 1.54) is 0 Å². The summed E-state index contributed by atoms with van der Waals surface area (Å²) >= 11 is 0. The van der Waals surface area contributed by atoms with Gasteiger partial charge in [-0.05, 0) is 37.0 Å². The molecule has 3 heterocycles. The molecule has 2 aliphatic heterocycles. The molecule has 2 saturated heterocycles. The highest BCUT2D eigenvalue weighted by Crippen LogP contribution is 2.20. The highest BCUT2D eigenvalue weighted by Gasteiger charge is 2.30. The summed E-state index contributed by atoms with van der Waals surface area (Å²) < 4.78 is 0. The predicted molar refractivity (Wildman–Crippen MR) is 110 cm³/mol. The van der Waals surface area contributed by atoms with E-state index in [2.05, 4.69) is 10.3 Å². The summed E-state index contributed by atoms with van der Waals surface area (Å²) in [5, 5.41) is 4.16. The quantitative estimate of drug-likeness (QED) is 0.751. The van der Waals surface area contributed by atoms with Crippen LogP contribution in [-0.4, -0.2) is 58.7 Å². The van der Waals surface area contributed by atoms with Gasteiger partial charge in [-0.15, -0.1) is 0 Å². The number of hydrogen-bond donors (Lipinski definition) is 2. The molecule has 1 aromatic carbocycles. The molecule has 29 heavy (non-hydrogen) atoms. The highest BCUT2D eigenvalue weighted by atomic mass is 16.2. The fourth-order valence-electron chi connectivity index (χ4n) is 4.37. The number of benzene rings is 1. The number of aromatic nitrogens is 1. The molecule has 0 spiro atoms. The number of aromatic amines is 1. The Morgan fingerprint density at radius 2 is 1.93 bits per heavy atom. The molecular weight excluding hydrogens is 368 g/mol. The third-order valence-electron chi connectivity index (χ3n) is 6.04. The molecule has 0 bridgehead atoms. The Bertz CT molecular complexity index is 906. The lowest BCUT2D eigenvalue weighted by Crippen LogP contribution is -2.46. The number of piperidine rings is 1. The zero-order chi connectivity index (χ0) is 20.2. The molecule has 2 N–H and O–H groups in total. The van der Waals surface area contributed by atoms with Crippen molar-refractivity contribution in [1.82, 2.24) is 20.1 Å². The van der Waals surface area contributed by atoms with Crippen molar-refractivity contribution >= 4 is 28.6 Å². The first-order valence-corrected chi connectivity index (χ1v) is 10.5. The van der Waals surface area contributed by atoms with Crippen LogP contribution >= 0.6 is 0 Å². The van der Waals surface area contributed by atoms with Gasteiger partial charge in [-0.2, -0.15) is 0 Å². The van der Waals surface area contributed by atoms with Gasteiger partial charge in [0.05, 0.1) is 5.92 Å². The van der Waals surface area contributed by atoms with Gasteiger partial charge in [0.15, 0.2) is 0 Å². The minimum atomic E-state index is -0.174. The van der Waals surface area contributed by atoms with E-state index in [9.17, 15) is 14.4 Å². The van der Waals surface area contributed by atoms with Crippen LogP contribution in [0.2, 0.25) is 0 Å². The molecule has 0 unspecified atom stereocenters. The van der Waals surface area contributed by atoms with Crippen molar-refractivity contribution in [2.45, 2.75) is 38.6 Å². The van der Waals surface area contributed by atoms with Crippen molar-refractivity contribution in [3.05, 3.63) is 36.0 Å². The fraction of sp³-hybridized carbons (Fsp3) is 0.500. The van der Waals surface area contributed by atoms with Crippen LogP contribution in [0.1, 0.15) is 37.7 Å². The van der Waals surface area contributed by atoms with E-state index in [0.29, 0.717) is 45.4 Å². The lowest BCUT2D eigenvalue weighted by Gasteiger charge is -2.32. The molecule has 154 valence electrons. The maximum absolute atomic E-state index is 12.7. The van der Waals surface area contributed by atoms with Crippen LogP contribution in [0.5, 0.6) is 0 Å². The van der Waals surface area contributed by atoms with Gasteiger partial charge in [-0.3, -0.25) is 14.4 Å². The maximum atomic E-state index is 12.7. The fourth-order valence-corrected chi connectivity index (χ4v) is 4.37. The SMILES string of the molecule is O=C(NCc1cccc2[nH]ccc12)[C@H]1CCC(=O)N(CCCN2CCCC2=O)C1. The Balaban J connectivity index is 1.27. The van der Waals surface area contributed by atoms with Crippen LogP contribution in [0.25, 0.3) is 10.9 Å². The van der Waals surface area contributed by atoms with Crippen molar-refractivity contribution in [2.75, 3.05) is 26.2 Å². The lowest BCUT2D eigenvalue weighted by atomic mass is 9.96. The Hall–Kier alpha value is -2.83. The number of fused-ring (bicyclic) bond motifs is 1. The molecule has 1 aromatic heterocycles. The first-order valence-electron chi connectivity index (χ1n) is 10.5. The summed E-state index contributed by atoms with van der Waals surface area (Å²) in [5.41, 5.74) is 2.14. The van der Waals surface area contributed by atoms with E-state index in [1.807, 2.05) is 35.4 Å². The van der Waals surface area contributed by atoms with E-state index in [-0.39, 0.29) is 23.6 Å². The molecule has 2 aliphatic rings. The van der Waals surface area contributed by atoms with Gasteiger partial charge in [0.1, 0.15) is 0 Å². The van der Waals surface area contributed by atoms with Gasteiger partial charge < -0.3 is 20.1 Å². The van der Waals surface area contributed by atoms with Crippen LogP contribution in [0, 0.1) is 5.92 Å². The minimum Gasteiger partial charge on any atom is -0.361 e. The van der Waals surface area contributed by atoms with E-state index >= 15 is 0 Å². The number of carbonyl (C=O) groups excluding carboxylic acids is 3. The Morgan fingerprint density at radius 3 is 2.76 bits per heavy atom. The molecule has 0 aliphatic carbocycles. The third-order valence-corrected chi connectivity index (χ3v) is 6.04. The van der Waals surface area contributed by atoms with Crippen LogP contribution in [0.15, 0.2) is 30.5 Å². The number of H-pyrrole nitrogens is 1. The third kappa shape index (κ3) is 4.44. The molecule has 2 fully saturated rings. The molecule has 4 rings (SSSR count). The van der Waals surface area contributed by atoms with E-state index in [4.69, 9.17) is 0 Å². The molecule has 7 nitrogen and oxygen atoms in total. The average molecular weight is 396 g/mol. The molecule has 1 atom stereocenters. The number of likely N-dealkylation sites (tertiary alicyclic amines) is 2. The summed E-state index contributed by atoms with van der Waals surface area (Å²) in [6.45, 7) is 3.07. The zero-order valence-electron chi connectivity index (χ0n) is 16.7. The van der Waals surface area contributed by atoms with Gasteiger partial charge in [-0.25, -0.2) is 0 Å². The van der Waals surface area contributed by atoms with Crippen molar-refractivity contribution in [1.29, 1.82) is 0 Å². The largest absolute Gasteiger partial charge is 0.361 e. The number of hydrogen-bond acceptors (Lipinski definition) is 3. The van der Waals surface area contributed by atoms with Gasteiger partial charge in [0, 0.05) is 62.7 Å². The van der Waals surface area contributed by atoms with Crippen LogP contribution in [-0.2, 0) is 20.9 Å². The summed E-state index contributed by atoms with van der Waals surface area (Å²) in [6.07, 6.45) is 5.24. The minimum absolute atomic E-state index is 0.00441. The van der Waals surface area contributed by atoms with Crippen LogP contribution < -0.4 is 5.32 Å². The van der Waals surface area contributed by atoms with E-state index < -0.39 is 0 Å². The maximum Gasteiger partial charge on any atom is 0.225 e. The van der Waals surface area contributed by atoms with E-state index in [1.54, 1.807) is 4.90 Å². The summed E-state index contributed by atoms with van der Waals surface area (Å²) in [7, 11) is 0. The van der Waals surface area contributed by atoms with Crippen LogP contribution in [0.3, 0.4) is 0 Å². The first kappa shape index (κ1) is 19.5. The first-order chi connectivity index (χ1) is 14.1. The van der Waals surface area contributed by atoms with Crippen molar-refractivity contribution in [3.63, 3.8) is 0 Å².